The first kappa shape index (κ1) is 30.9. The molecule has 2 aromatic rings. The van der Waals surface area contributed by atoms with Crippen molar-refractivity contribution >= 4 is 50.7 Å². The van der Waals surface area contributed by atoms with Crippen molar-refractivity contribution in [3.63, 3.8) is 0 Å². The van der Waals surface area contributed by atoms with Crippen LogP contribution in [0.1, 0.15) is 50.3 Å². The van der Waals surface area contributed by atoms with Gasteiger partial charge in [0, 0.05) is 36.1 Å². The molecule has 2 rings (SSSR count). The minimum Gasteiger partial charge on any atom is -0.354 e. The van der Waals surface area contributed by atoms with Crippen molar-refractivity contribution < 1.29 is 18.0 Å². The molecule has 2 amide bonds. The van der Waals surface area contributed by atoms with Gasteiger partial charge >= 0.3 is 0 Å². The highest BCUT2D eigenvalue weighted by Crippen LogP contribution is 2.25. The Morgan fingerprint density at radius 3 is 2.24 bits per heavy atom. The maximum atomic E-state index is 13.4. The third-order valence-electron chi connectivity index (χ3n) is 6.14. The molecule has 2 aromatic carbocycles. The standard InChI is InChI=1S/C27H37Cl2N3O4S/c1-18(2)16-30-27(34)21(5)31(17-22-10-11-23(28)15-25(22)29)26(33)8-7-13-32(37(6,35)36)24-12-9-19(3)20(4)14-24/h9-12,14-15,18,21H,7-8,13,16-17H2,1-6H3,(H,30,34)/t21-/m0/s1. The van der Waals surface area contributed by atoms with Crippen LogP contribution >= 0.6 is 23.2 Å². The predicted octanol–water partition coefficient (Wildman–Crippen LogP) is 5.35. The van der Waals surface area contributed by atoms with Crippen LogP contribution in [0.3, 0.4) is 0 Å². The molecule has 0 heterocycles. The summed E-state index contributed by atoms with van der Waals surface area (Å²) in [6.45, 7) is 10.3. The number of sulfonamides is 1. The number of nitrogens with zero attached hydrogens (tertiary/aromatic N) is 2. The Labute approximate surface area is 231 Å². The first-order valence-electron chi connectivity index (χ1n) is 12.3. The Balaban J connectivity index is 2.21. The van der Waals surface area contributed by atoms with Crippen LogP contribution in [-0.2, 0) is 26.2 Å². The van der Waals surface area contributed by atoms with Crippen LogP contribution in [0.15, 0.2) is 36.4 Å². The molecule has 0 aliphatic rings. The first-order chi connectivity index (χ1) is 17.2. The Morgan fingerprint density at radius 2 is 1.68 bits per heavy atom. The summed E-state index contributed by atoms with van der Waals surface area (Å²) in [5, 5.41) is 3.75. The largest absolute Gasteiger partial charge is 0.354 e. The van der Waals surface area contributed by atoms with Crippen LogP contribution in [0.4, 0.5) is 5.69 Å². The highest BCUT2D eigenvalue weighted by molar-refractivity contribution is 7.92. The number of carbonyl (C=O) groups excluding carboxylic acids is 2. The van der Waals surface area contributed by atoms with Crippen LogP contribution < -0.4 is 9.62 Å². The number of hydrogen-bond acceptors (Lipinski definition) is 4. The highest BCUT2D eigenvalue weighted by atomic mass is 35.5. The van der Waals surface area contributed by atoms with Gasteiger partial charge < -0.3 is 10.2 Å². The van der Waals surface area contributed by atoms with E-state index >= 15 is 0 Å². The molecule has 1 N–H and O–H groups in total. The van der Waals surface area contributed by atoms with Crippen molar-refractivity contribution in [2.24, 2.45) is 5.92 Å². The van der Waals surface area contributed by atoms with Gasteiger partial charge in [-0.15, -0.1) is 0 Å². The Morgan fingerprint density at radius 1 is 1.00 bits per heavy atom. The molecule has 0 bridgehead atoms. The molecule has 0 fully saturated rings. The van der Waals surface area contributed by atoms with E-state index in [4.69, 9.17) is 23.2 Å². The highest BCUT2D eigenvalue weighted by Gasteiger charge is 2.27. The molecule has 0 unspecified atom stereocenters. The minimum atomic E-state index is -3.55. The number of rotatable bonds is 12. The van der Waals surface area contributed by atoms with Gasteiger partial charge in [0.1, 0.15) is 6.04 Å². The van der Waals surface area contributed by atoms with E-state index in [1.54, 1.807) is 31.2 Å². The van der Waals surface area contributed by atoms with E-state index in [0.29, 0.717) is 27.8 Å². The first-order valence-corrected chi connectivity index (χ1v) is 14.9. The number of carbonyl (C=O) groups is 2. The topological polar surface area (TPSA) is 86.8 Å². The van der Waals surface area contributed by atoms with Gasteiger partial charge in [-0.1, -0.05) is 49.2 Å². The van der Waals surface area contributed by atoms with E-state index in [9.17, 15) is 18.0 Å². The quantitative estimate of drug-likeness (QED) is 0.373. The van der Waals surface area contributed by atoms with Crippen LogP contribution in [0.25, 0.3) is 0 Å². The third-order valence-corrected chi connectivity index (χ3v) is 7.92. The SMILES string of the molecule is Cc1ccc(N(CCCC(=O)N(Cc2ccc(Cl)cc2Cl)[C@@H](C)C(=O)NCC(C)C)S(C)(=O)=O)cc1C. The zero-order chi connectivity index (χ0) is 27.9. The molecular formula is C27H37Cl2N3O4S. The van der Waals surface area contributed by atoms with Crippen molar-refractivity contribution in [2.45, 2.75) is 60.0 Å². The number of nitrogens with one attached hydrogen (secondary N) is 1. The number of hydrogen-bond donors (Lipinski definition) is 1. The van der Waals surface area contributed by atoms with Gasteiger partial charge in [0.05, 0.1) is 11.9 Å². The van der Waals surface area contributed by atoms with Gasteiger partial charge in [0.2, 0.25) is 21.8 Å². The molecular weight excluding hydrogens is 533 g/mol. The summed E-state index contributed by atoms with van der Waals surface area (Å²) >= 11 is 12.4. The second-order valence-electron chi connectivity index (χ2n) is 9.78. The number of benzene rings is 2. The Bertz CT molecular complexity index is 1220. The average molecular weight is 571 g/mol. The van der Waals surface area contributed by atoms with Gasteiger partial charge in [-0.3, -0.25) is 13.9 Å². The van der Waals surface area contributed by atoms with E-state index in [-0.39, 0.29) is 43.7 Å². The second kappa shape index (κ2) is 13.5. The van der Waals surface area contributed by atoms with Crippen molar-refractivity contribution in [3.05, 3.63) is 63.1 Å². The molecule has 0 aliphatic heterocycles. The summed E-state index contributed by atoms with van der Waals surface area (Å²) in [6, 6.07) is 9.73. The van der Waals surface area contributed by atoms with Gasteiger partial charge in [-0.2, -0.15) is 0 Å². The molecule has 0 saturated heterocycles. The number of halogens is 2. The lowest BCUT2D eigenvalue weighted by atomic mass is 10.1. The molecule has 7 nitrogen and oxygen atoms in total. The molecule has 0 radical (unpaired) electrons. The second-order valence-corrected chi connectivity index (χ2v) is 12.5. The summed E-state index contributed by atoms with van der Waals surface area (Å²) < 4.78 is 26.4. The summed E-state index contributed by atoms with van der Waals surface area (Å²) in [7, 11) is -3.55. The molecule has 1 atom stereocenters. The van der Waals surface area contributed by atoms with E-state index < -0.39 is 16.1 Å². The fourth-order valence-corrected chi connectivity index (χ4v) is 5.18. The van der Waals surface area contributed by atoms with Crippen LogP contribution in [-0.4, -0.2) is 50.5 Å². The predicted molar refractivity (Wildman–Crippen MR) is 152 cm³/mol. The van der Waals surface area contributed by atoms with Gasteiger partial charge in [-0.05, 0) is 74.1 Å². The summed E-state index contributed by atoms with van der Waals surface area (Å²) in [6.07, 6.45) is 1.49. The molecule has 37 heavy (non-hydrogen) atoms. The Kier molecular flexibility index (Phi) is 11.3. The van der Waals surface area contributed by atoms with E-state index in [0.717, 1.165) is 17.4 Å². The van der Waals surface area contributed by atoms with E-state index in [2.05, 4.69) is 5.32 Å². The molecule has 0 saturated carbocycles. The zero-order valence-corrected chi connectivity index (χ0v) is 24.7. The fourth-order valence-electron chi connectivity index (χ4n) is 3.75. The van der Waals surface area contributed by atoms with Crippen LogP contribution in [0.2, 0.25) is 10.0 Å². The maximum absolute atomic E-state index is 13.4. The lowest BCUT2D eigenvalue weighted by Gasteiger charge is -2.30. The van der Waals surface area contributed by atoms with Gasteiger partial charge in [-0.25, -0.2) is 8.42 Å². The lowest BCUT2D eigenvalue weighted by Crippen LogP contribution is -2.48. The van der Waals surface area contributed by atoms with E-state index in [1.165, 1.54) is 9.21 Å². The van der Waals surface area contributed by atoms with Crippen molar-refractivity contribution in [3.8, 4) is 0 Å². The monoisotopic (exact) mass is 569 g/mol. The lowest BCUT2D eigenvalue weighted by molar-refractivity contribution is -0.140. The average Bonchev–Trinajstić information content (AvgIpc) is 2.80. The normalized spacial score (nSPS) is 12.4. The number of aryl methyl sites for hydroxylation is 2. The van der Waals surface area contributed by atoms with E-state index in [1.807, 2.05) is 39.8 Å². The number of amides is 2. The summed E-state index contributed by atoms with van der Waals surface area (Å²) in [4.78, 5) is 27.7. The van der Waals surface area contributed by atoms with Gasteiger partial charge in [0.25, 0.3) is 0 Å². The summed E-state index contributed by atoms with van der Waals surface area (Å²) in [5.74, 6) is -0.273. The molecule has 0 aliphatic carbocycles. The van der Waals surface area contributed by atoms with Crippen molar-refractivity contribution in [2.75, 3.05) is 23.7 Å². The maximum Gasteiger partial charge on any atom is 0.242 e. The van der Waals surface area contributed by atoms with Crippen molar-refractivity contribution in [1.29, 1.82) is 0 Å². The zero-order valence-electron chi connectivity index (χ0n) is 22.3. The van der Waals surface area contributed by atoms with Crippen LogP contribution in [0, 0.1) is 19.8 Å². The Hall–Kier alpha value is -2.29. The molecule has 204 valence electrons. The minimum absolute atomic E-state index is 0.0594. The van der Waals surface area contributed by atoms with Crippen molar-refractivity contribution in [1.82, 2.24) is 10.2 Å². The smallest absolute Gasteiger partial charge is 0.242 e. The molecule has 10 heteroatoms. The van der Waals surface area contributed by atoms with Gasteiger partial charge in [0.15, 0.2) is 0 Å². The summed E-state index contributed by atoms with van der Waals surface area (Å²) in [5.41, 5.74) is 3.27. The molecule has 0 spiro atoms. The van der Waals surface area contributed by atoms with Crippen LogP contribution in [0.5, 0.6) is 0 Å². The fraction of sp³-hybridized carbons (Fsp3) is 0.481. The molecule has 0 aromatic heterocycles. The number of anilines is 1. The third kappa shape index (κ3) is 9.20.